The summed E-state index contributed by atoms with van der Waals surface area (Å²) >= 11 is 0. The molecular weight excluding hydrogens is 771 g/mol. The Balaban J connectivity index is 1.52. The van der Waals surface area contributed by atoms with Gasteiger partial charge in [0.1, 0.15) is 41.3 Å². The quantitative estimate of drug-likeness (QED) is 0.0811. The van der Waals surface area contributed by atoms with Gasteiger partial charge in [0.25, 0.3) is 0 Å². The van der Waals surface area contributed by atoms with Crippen LogP contribution >= 0.6 is 0 Å². The number of fused-ring (bicyclic) bond motifs is 1. The van der Waals surface area contributed by atoms with Crippen LogP contribution in [0.15, 0.2) is 60.9 Å². The number of imidazole rings is 1. The maximum Gasteiger partial charge on any atom is 0.410 e. The second-order valence-electron chi connectivity index (χ2n) is 15.4. The predicted octanol–water partition coefficient (Wildman–Crippen LogP) is 6.92. The Kier molecular flexibility index (Phi) is 15.6. The van der Waals surface area contributed by atoms with E-state index in [1.165, 1.54) is 4.90 Å². The Morgan fingerprint density at radius 1 is 0.867 bits per heavy atom. The zero-order valence-electron chi connectivity index (χ0n) is 36.4. The molecule has 5 rings (SSSR count). The lowest BCUT2D eigenvalue weighted by molar-refractivity contribution is 0.0193. The van der Waals surface area contributed by atoms with Gasteiger partial charge >= 0.3 is 12.1 Å². The number of anilines is 1. The molecular formula is C44H59N7O9. The van der Waals surface area contributed by atoms with E-state index in [0.29, 0.717) is 72.7 Å². The molecule has 0 radical (unpaired) electrons. The van der Waals surface area contributed by atoms with E-state index >= 15 is 0 Å². The third kappa shape index (κ3) is 11.8. The minimum Gasteiger partial charge on any atom is -0.497 e. The number of benzene rings is 2. The fourth-order valence-corrected chi connectivity index (χ4v) is 6.38. The van der Waals surface area contributed by atoms with Crippen molar-refractivity contribution < 1.29 is 43.1 Å². The number of methoxy groups -OCH3 is 4. The molecule has 0 fully saturated rings. The van der Waals surface area contributed by atoms with Crippen LogP contribution in [0.1, 0.15) is 76.3 Å². The first-order chi connectivity index (χ1) is 28.8. The third-order valence-electron chi connectivity index (χ3n) is 9.74. The van der Waals surface area contributed by atoms with E-state index in [1.54, 1.807) is 58.5 Å². The molecule has 0 saturated carbocycles. The van der Waals surface area contributed by atoms with Gasteiger partial charge in [-0.1, -0.05) is 19.4 Å². The average Bonchev–Trinajstić information content (AvgIpc) is 3.64. The standard InChI is InChI=1S/C44H59N7O9/c1-11-12-34(19-20-52)59-42-47-41(50(26-31-14-16-35(54-7)22-37(31)56-9)27-32-15-17-36(55-8)23-38(32)57-10)40-46-25-33(51(40)48-42)21-30-13-18-39(45-24-30)58-28-29(2)49(6)43(53)60-44(3,4)5/h13-18,22-25,29,34,52H,11-12,19-21,26-28H2,1-10H3/t29?,34-/m1/s1. The van der Waals surface area contributed by atoms with Crippen LogP contribution in [-0.4, -0.2) is 107 Å². The summed E-state index contributed by atoms with van der Waals surface area (Å²) in [4.78, 5) is 30.6. The largest absolute Gasteiger partial charge is 0.497 e. The van der Waals surface area contributed by atoms with Gasteiger partial charge in [-0.3, -0.25) is 0 Å². The van der Waals surface area contributed by atoms with Gasteiger partial charge in [0, 0.05) is 75.1 Å². The summed E-state index contributed by atoms with van der Waals surface area (Å²) in [6.07, 6.45) is 5.19. The molecule has 1 unspecified atom stereocenters. The van der Waals surface area contributed by atoms with Crippen LogP contribution in [-0.2, 0) is 24.2 Å². The molecule has 324 valence electrons. The van der Waals surface area contributed by atoms with Gasteiger partial charge in [0.15, 0.2) is 11.5 Å². The van der Waals surface area contributed by atoms with E-state index < -0.39 is 11.7 Å². The molecule has 2 aromatic carbocycles. The minimum absolute atomic E-state index is 0.0389. The molecule has 1 N–H and O–H groups in total. The number of hydrogen-bond donors (Lipinski definition) is 1. The van der Waals surface area contributed by atoms with E-state index in [1.807, 2.05) is 70.2 Å². The number of hydrogen-bond acceptors (Lipinski definition) is 14. The molecule has 3 aromatic heterocycles. The van der Waals surface area contributed by atoms with Crippen molar-refractivity contribution in [2.45, 2.75) is 91.1 Å². The van der Waals surface area contributed by atoms with E-state index in [9.17, 15) is 9.90 Å². The number of rotatable bonds is 21. The van der Waals surface area contributed by atoms with Crippen molar-refractivity contribution in [3.63, 3.8) is 0 Å². The molecule has 3 heterocycles. The van der Waals surface area contributed by atoms with Crippen molar-refractivity contribution in [1.29, 1.82) is 0 Å². The molecule has 5 aromatic rings. The smallest absolute Gasteiger partial charge is 0.410 e. The van der Waals surface area contributed by atoms with Gasteiger partial charge in [-0.05, 0) is 63.9 Å². The highest BCUT2D eigenvalue weighted by molar-refractivity contribution is 5.68. The van der Waals surface area contributed by atoms with Crippen LogP contribution in [0.5, 0.6) is 34.9 Å². The van der Waals surface area contributed by atoms with Gasteiger partial charge in [0.2, 0.25) is 5.88 Å². The molecule has 0 bridgehead atoms. The fraction of sp³-hybridized carbons (Fsp3) is 0.477. The van der Waals surface area contributed by atoms with Crippen LogP contribution in [0.4, 0.5) is 10.6 Å². The molecule has 1 amide bonds. The van der Waals surface area contributed by atoms with Crippen LogP contribution < -0.4 is 33.3 Å². The van der Waals surface area contributed by atoms with Crippen LogP contribution in [0.3, 0.4) is 0 Å². The summed E-state index contributed by atoms with van der Waals surface area (Å²) < 4.78 is 42.2. The van der Waals surface area contributed by atoms with Gasteiger partial charge in [-0.25, -0.2) is 19.3 Å². The number of carbonyl (C=O) groups excluding carboxylic acids is 1. The predicted molar refractivity (Wildman–Crippen MR) is 227 cm³/mol. The first-order valence-corrected chi connectivity index (χ1v) is 20.0. The number of amides is 1. The second kappa shape index (κ2) is 20.8. The number of likely N-dealkylation sites (N-methyl/N-ethyl adjacent to an activating group) is 1. The summed E-state index contributed by atoms with van der Waals surface area (Å²) in [5.41, 5.74) is 3.31. The van der Waals surface area contributed by atoms with Crippen molar-refractivity contribution in [3.05, 3.63) is 83.3 Å². The van der Waals surface area contributed by atoms with Gasteiger partial charge in [-0.15, -0.1) is 5.10 Å². The Bertz CT molecular complexity index is 2090. The molecule has 60 heavy (non-hydrogen) atoms. The molecule has 0 aliphatic heterocycles. The minimum atomic E-state index is -0.597. The topological polar surface area (TPSA) is 164 Å². The number of aromatic nitrogens is 5. The number of nitrogens with zero attached hydrogens (tertiary/aromatic N) is 7. The highest BCUT2D eigenvalue weighted by atomic mass is 16.6. The fourth-order valence-electron chi connectivity index (χ4n) is 6.38. The maximum atomic E-state index is 12.5. The monoisotopic (exact) mass is 829 g/mol. The Morgan fingerprint density at radius 3 is 2.05 bits per heavy atom. The molecule has 0 aliphatic rings. The van der Waals surface area contributed by atoms with E-state index in [-0.39, 0.29) is 31.4 Å². The van der Waals surface area contributed by atoms with Crippen molar-refractivity contribution in [1.82, 2.24) is 29.5 Å². The number of aliphatic hydroxyl groups excluding tert-OH is 1. The second-order valence-corrected chi connectivity index (χ2v) is 15.4. The Labute approximate surface area is 352 Å². The van der Waals surface area contributed by atoms with E-state index in [2.05, 4.69) is 16.8 Å². The third-order valence-corrected chi connectivity index (χ3v) is 9.74. The van der Waals surface area contributed by atoms with Crippen LogP contribution in [0.25, 0.3) is 5.65 Å². The molecule has 0 aliphatic carbocycles. The number of ether oxygens (including phenoxy) is 7. The lowest BCUT2D eigenvalue weighted by atomic mass is 10.1. The number of aliphatic hydroxyl groups is 1. The lowest BCUT2D eigenvalue weighted by Crippen LogP contribution is -2.42. The zero-order valence-corrected chi connectivity index (χ0v) is 36.4. The SMILES string of the molecule is CCC[C@H](CCO)Oc1nc(N(Cc2ccc(OC)cc2OC)Cc2ccc(OC)cc2OC)c2ncc(Cc3ccc(OCC(C)N(C)C(=O)OC(C)(C)C)nc3)n2n1. The van der Waals surface area contributed by atoms with Crippen molar-refractivity contribution in [2.24, 2.45) is 0 Å². The molecule has 2 atom stereocenters. The van der Waals surface area contributed by atoms with Crippen molar-refractivity contribution >= 4 is 17.6 Å². The summed E-state index contributed by atoms with van der Waals surface area (Å²) in [5.74, 6) is 3.54. The van der Waals surface area contributed by atoms with Gasteiger partial charge in [-0.2, -0.15) is 4.98 Å². The van der Waals surface area contributed by atoms with Crippen LogP contribution in [0, 0.1) is 0 Å². The lowest BCUT2D eigenvalue weighted by Gasteiger charge is -2.28. The molecule has 16 nitrogen and oxygen atoms in total. The van der Waals surface area contributed by atoms with Crippen molar-refractivity contribution in [2.75, 3.05) is 53.6 Å². The first-order valence-electron chi connectivity index (χ1n) is 20.0. The van der Waals surface area contributed by atoms with E-state index in [0.717, 1.165) is 28.8 Å². The summed E-state index contributed by atoms with van der Waals surface area (Å²) in [5, 5.41) is 14.7. The number of carbonyl (C=O) groups is 1. The highest BCUT2D eigenvalue weighted by Crippen LogP contribution is 2.33. The molecule has 0 saturated heterocycles. The summed E-state index contributed by atoms with van der Waals surface area (Å²) in [6.45, 7) is 10.3. The van der Waals surface area contributed by atoms with Gasteiger partial charge < -0.3 is 48.1 Å². The van der Waals surface area contributed by atoms with Crippen LogP contribution in [0.2, 0.25) is 0 Å². The van der Waals surface area contributed by atoms with E-state index in [4.69, 9.17) is 48.2 Å². The normalized spacial score (nSPS) is 12.4. The molecule has 16 heteroatoms. The summed E-state index contributed by atoms with van der Waals surface area (Å²) in [7, 11) is 8.16. The zero-order chi connectivity index (χ0) is 43.4. The number of pyridine rings is 1. The summed E-state index contributed by atoms with van der Waals surface area (Å²) in [6, 6.07) is 15.0. The molecule has 0 spiro atoms. The van der Waals surface area contributed by atoms with Crippen molar-refractivity contribution in [3.8, 4) is 34.9 Å². The van der Waals surface area contributed by atoms with Gasteiger partial charge in [0.05, 0.1) is 46.4 Å². The Hall–Kier alpha value is -6.03. The average molecular weight is 830 g/mol. The highest BCUT2D eigenvalue weighted by Gasteiger charge is 2.26. The maximum absolute atomic E-state index is 12.5. The Morgan fingerprint density at radius 2 is 1.52 bits per heavy atom. The first kappa shape index (κ1) is 45.1.